The Labute approximate surface area is 115 Å². The molecule has 2 aromatic rings. The Hall–Kier alpha value is -1.95. The van der Waals surface area contributed by atoms with E-state index in [2.05, 4.69) is 20.8 Å². The Kier molecular flexibility index (Phi) is 4.11. The first-order valence-electron chi connectivity index (χ1n) is 5.95. The van der Waals surface area contributed by atoms with E-state index < -0.39 is 0 Å². The van der Waals surface area contributed by atoms with Crippen LogP contribution in [0.2, 0.25) is 5.02 Å². The van der Waals surface area contributed by atoms with Crippen LogP contribution < -0.4 is 5.32 Å². The van der Waals surface area contributed by atoms with Gasteiger partial charge in [-0.05, 0) is 42.0 Å². The predicted octanol–water partition coefficient (Wildman–Crippen LogP) is 1.84. The van der Waals surface area contributed by atoms with E-state index >= 15 is 0 Å². The second-order valence-electron chi connectivity index (χ2n) is 4.20. The van der Waals surface area contributed by atoms with Crippen LogP contribution in [0, 0.1) is 0 Å². The van der Waals surface area contributed by atoms with E-state index in [9.17, 15) is 4.79 Å². The summed E-state index contributed by atoms with van der Waals surface area (Å²) in [4.78, 5) is 12.2. The third-order valence-corrected chi connectivity index (χ3v) is 3.03. The fraction of sp³-hybridized carbons (Fsp3) is 0.333. The van der Waals surface area contributed by atoms with Crippen LogP contribution in [-0.2, 0) is 0 Å². The van der Waals surface area contributed by atoms with E-state index in [4.69, 9.17) is 11.6 Å². The largest absolute Gasteiger partial charge is 0.350 e. The number of nitrogens with zero attached hydrogens (tertiary/aromatic N) is 4. The van der Waals surface area contributed by atoms with Gasteiger partial charge in [-0.2, -0.15) is 4.68 Å². The number of aromatic nitrogens is 4. The van der Waals surface area contributed by atoms with Gasteiger partial charge in [0.25, 0.3) is 5.91 Å². The van der Waals surface area contributed by atoms with Gasteiger partial charge in [0.1, 0.15) is 6.33 Å². The van der Waals surface area contributed by atoms with Crippen LogP contribution in [0.1, 0.15) is 30.6 Å². The maximum absolute atomic E-state index is 12.2. The van der Waals surface area contributed by atoms with Gasteiger partial charge in [-0.25, -0.2) is 0 Å². The van der Waals surface area contributed by atoms with Crippen LogP contribution in [0.4, 0.5) is 0 Å². The molecule has 1 heterocycles. The topological polar surface area (TPSA) is 72.7 Å². The van der Waals surface area contributed by atoms with Crippen molar-refractivity contribution < 1.29 is 4.79 Å². The quantitative estimate of drug-likeness (QED) is 0.927. The van der Waals surface area contributed by atoms with Gasteiger partial charge in [0.15, 0.2) is 0 Å². The third kappa shape index (κ3) is 3.08. The van der Waals surface area contributed by atoms with Crippen molar-refractivity contribution in [1.29, 1.82) is 0 Å². The molecule has 6 nitrogen and oxygen atoms in total. The summed E-state index contributed by atoms with van der Waals surface area (Å²) < 4.78 is 1.41. The van der Waals surface area contributed by atoms with E-state index in [0.29, 0.717) is 16.3 Å². The average Bonchev–Trinajstić information content (AvgIpc) is 2.92. The monoisotopic (exact) mass is 279 g/mol. The summed E-state index contributed by atoms with van der Waals surface area (Å²) in [6.07, 6.45) is 2.28. The Morgan fingerprint density at radius 2 is 2.32 bits per heavy atom. The van der Waals surface area contributed by atoms with Gasteiger partial charge < -0.3 is 5.32 Å². The van der Waals surface area contributed by atoms with Crippen molar-refractivity contribution in [3.63, 3.8) is 0 Å². The molecule has 1 N–H and O–H groups in total. The lowest BCUT2D eigenvalue weighted by atomic mass is 10.1. The van der Waals surface area contributed by atoms with Crippen LogP contribution in [0.15, 0.2) is 24.5 Å². The number of carbonyl (C=O) groups excluding carboxylic acids is 1. The van der Waals surface area contributed by atoms with Gasteiger partial charge in [0, 0.05) is 11.1 Å². The predicted molar refractivity (Wildman–Crippen MR) is 71.4 cm³/mol. The minimum Gasteiger partial charge on any atom is -0.350 e. The van der Waals surface area contributed by atoms with Crippen molar-refractivity contribution in [1.82, 2.24) is 25.5 Å². The first-order chi connectivity index (χ1) is 9.11. The number of benzene rings is 1. The van der Waals surface area contributed by atoms with E-state index in [0.717, 1.165) is 6.42 Å². The maximum Gasteiger partial charge on any atom is 0.253 e. The van der Waals surface area contributed by atoms with Gasteiger partial charge in [0.05, 0.1) is 11.3 Å². The summed E-state index contributed by atoms with van der Waals surface area (Å²) in [5.41, 5.74) is 1.04. The zero-order chi connectivity index (χ0) is 13.8. The highest BCUT2D eigenvalue weighted by molar-refractivity contribution is 6.31. The Morgan fingerprint density at radius 3 is 2.95 bits per heavy atom. The van der Waals surface area contributed by atoms with Gasteiger partial charge in [-0.3, -0.25) is 4.79 Å². The number of carbonyl (C=O) groups is 1. The summed E-state index contributed by atoms with van der Waals surface area (Å²) in [5, 5.41) is 14.3. The fourth-order valence-electron chi connectivity index (χ4n) is 1.56. The molecule has 1 aromatic heterocycles. The van der Waals surface area contributed by atoms with Gasteiger partial charge in [0.2, 0.25) is 0 Å². The summed E-state index contributed by atoms with van der Waals surface area (Å²) >= 11 is 5.96. The molecule has 0 aliphatic heterocycles. The number of hydrogen-bond acceptors (Lipinski definition) is 4. The zero-order valence-electron chi connectivity index (χ0n) is 10.7. The minimum atomic E-state index is -0.170. The lowest BCUT2D eigenvalue weighted by Gasteiger charge is -2.13. The zero-order valence-corrected chi connectivity index (χ0v) is 11.4. The molecule has 0 spiro atoms. The van der Waals surface area contributed by atoms with E-state index in [-0.39, 0.29) is 11.9 Å². The number of rotatable bonds is 4. The van der Waals surface area contributed by atoms with Crippen LogP contribution in [0.25, 0.3) is 5.69 Å². The molecule has 0 bridgehead atoms. The molecule has 1 aromatic carbocycles. The lowest BCUT2D eigenvalue weighted by molar-refractivity contribution is 0.0939. The van der Waals surface area contributed by atoms with Crippen molar-refractivity contribution in [3.8, 4) is 5.69 Å². The molecular weight excluding hydrogens is 266 g/mol. The first-order valence-corrected chi connectivity index (χ1v) is 6.33. The van der Waals surface area contributed by atoms with E-state index in [1.165, 1.54) is 11.0 Å². The molecule has 2 rings (SSSR count). The Morgan fingerprint density at radius 1 is 1.53 bits per heavy atom. The van der Waals surface area contributed by atoms with Crippen molar-refractivity contribution in [2.75, 3.05) is 0 Å². The molecule has 0 saturated carbocycles. The molecule has 19 heavy (non-hydrogen) atoms. The average molecular weight is 280 g/mol. The second-order valence-corrected chi connectivity index (χ2v) is 4.64. The van der Waals surface area contributed by atoms with Crippen LogP contribution in [0.3, 0.4) is 0 Å². The highest BCUT2D eigenvalue weighted by atomic mass is 35.5. The maximum atomic E-state index is 12.2. The van der Waals surface area contributed by atoms with Gasteiger partial charge >= 0.3 is 0 Å². The molecule has 0 aliphatic rings. The summed E-state index contributed by atoms with van der Waals surface area (Å²) in [6, 6.07) is 5.09. The number of halogens is 1. The molecular formula is C12H14ClN5O. The molecule has 0 fully saturated rings. The number of amides is 1. The van der Waals surface area contributed by atoms with Gasteiger partial charge in [-0.1, -0.05) is 18.5 Å². The molecule has 0 aliphatic carbocycles. The van der Waals surface area contributed by atoms with Crippen LogP contribution in [0.5, 0.6) is 0 Å². The lowest BCUT2D eigenvalue weighted by Crippen LogP contribution is -2.32. The molecule has 1 amide bonds. The summed E-state index contributed by atoms with van der Waals surface area (Å²) in [5.74, 6) is -0.170. The standard InChI is InChI=1S/C12H14ClN5O/c1-3-8(2)15-12(19)10-5-4-9(13)6-11(10)18-7-14-16-17-18/h4-8H,3H2,1-2H3,(H,15,19). The minimum absolute atomic E-state index is 0.102. The molecule has 1 atom stereocenters. The Bertz CT molecular complexity index is 570. The third-order valence-electron chi connectivity index (χ3n) is 2.79. The summed E-state index contributed by atoms with van der Waals surface area (Å²) in [7, 11) is 0. The van der Waals surface area contributed by atoms with Crippen molar-refractivity contribution >= 4 is 17.5 Å². The highest BCUT2D eigenvalue weighted by Crippen LogP contribution is 2.19. The SMILES string of the molecule is CCC(C)NC(=O)c1ccc(Cl)cc1-n1cnnn1. The van der Waals surface area contributed by atoms with Crippen LogP contribution >= 0.6 is 11.6 Å². The van der Waals surface area contributed by atoms with Crippen molar-refractivity contribution in [3.05, 3.63) is 35.1 Å². The number of hydrogen-bond donors (Lipinski definition) is 1. The molecule has 0 radical (unpaired) electrons. The van der Waals surface area contributed by atoms with E-state index in [1.54, 1.807) is 18.2 Å². The van der Waals surface area contributed by atoms with Crippen molar-refractivity contribution in [2.24, 2.45) is 0 Å². The number of nitrogens with one attached hydrogen (secondary N) is 1. The number of tetrazole rings is 1. The smallest absolute Gasteiger partial charge is 0.253 e. The van der Waals surface area contributed by atoms with Crippen molar-refractivity contribution in [2.45, 2.75) is 26.3 Å². The Balaban J connectivity index is 2.38. The summed E-state index contributed by atoms with van der Waals surface area (Å²) in [6.45, 7) is 3.96. The molecule has 1 unspecified atom stereocenters. The van der Waals surface area contributed by atoms with Gasteiger partial charge in [-0.15, -0.1) is 5.10 Å². The first kappa shape index (κ1) is 13.5. The second kappa shape index (κ2) is 5.79. The van der Waals surface area contributed by atoms with Crippen LogP contribution in [-0.4, -0.2) is 32.2 Å². The molecule has 0 saturated heterocycles. The normalized spacial score (nSPS) is 12.2. The molecule has 7 heteroatoms. The molecule has 100 valence electrons. The fourth-order valence-corrected chi connectivity index (χ4v) is 1.73. The highest BCUT2D eigenvalue weighted by Gasteiger charge is 2.15. The van der Waals surface area contributed by atoms with E-state index in [1.807, 2.05) is 13.8 Å².